The number of rotatable bonds is 6. The molecular formula is C52H33NO2. The van der Waals surface area contributed by atoms with Crippen molar-refractivity contribution in [1.82, 2.24) is 0 Å². The zero-order valence-corrected chi connectivity index (χ0v) is 29.8. The fourth-order valence-corrected chi connectivity index (χ4v) is 8.24. The van der Waals surface area contributed by atoms with Crippen molar-refractivity contribution >= 4 is 71.7 Å². The molecule has 0 aliphatic rings. The Hall–Kier alpha value is -7.36. The quantitative estimate of drug-likeness (QED) is 0.173. The average molecular weight is 704 g/mol. The van der Waals surface area contributed by atoms with E-state index in [4.69, 9.17) is 8.83 Å². The first-order chi connectivity index (χ1) is 27.3. The summed E-state index contributed by atoms with van der Waals surface area (Å²) < 4.78 is 13.0. The van der Waals surface area contributed by atoms with Crippen LogP contribution in [0, 0.1) is 0 Å². The van der Waals surface area contributed by atoms with Gasteiger partial charge in [0, 0.05) is 44.0 Å². The maximum Gasteiger partial charge on any atom is 0.143 e. The zero-order chi connectivity index (χ0) is 36.3. The van der Waals surface area contributed by atoms with Crippen LogP contribution in [0.2, 0.25) is 0 Å². The number of furan rings is 2. The summed E-state index contributed by atoms with van der Waals surface area (Å²) in [7, 11) is 0. The van der Waals surface area contributed by atoms with Crippen molar-refractivity contribution in [1.29, 1.82) is 0 Å². The molecule has 258 valence electrons. The van der Waals surface area contributed by atoms with Crippen molar-refractivity contribution in [3.63, 3.8) is 0 Å². The Labute approximate surface area is 317 Å². The number of hydrogen-bond acceptors (Lipinski definition) is 3. The van der Waals surface area contributed by atoms with Gasteiger partial charge in [-0.25, -0.2) is 0 Å². The summed E-state index contributed by atoms with van der Waals surface area (Å²) in [5.41, 5.74) is 13.5. The predicted octanol–water partition coefficient (Wildman–Crippen LogP) is 15.1. The van der Waals surface area contributed by atoms with E-state index in [-0.39, 0.29) is 0 Å². The summed E-state index contributed by atoms with van der Waals surface area (Å²) in [6.07, 6.45) is 0. The number of anilines is 3. The van der Waals surface area contributed by atoms with Crippen LogP contribution in [0.1, 0.15) is 0 Å². The van der Waals surface area contributed by atoms with Crippen LogP contribution in [0.15, 0.2) is 209 Å². The van der Waals surface area contributed by atoms with Crippen LogP contribution in [0.25, 0.3) is 88.0 Å². The first kappa shape index (κ1) is 31.2. The first-order valence-electron chi connectivity index (χ1n) is 18.7. The van der Waals surface area contributed by atoms with Gasteiger partial charge in [0.2, 0.25) is 0 Å². The smallest absolute Gasteiger partial charge is 0.143 e. The molecule has 0 aliphatic carbocycles. The van der Waals surface area contributed by atoms with E-state index in [1.54, 1.807) is 0 Å². The number of fused-ring (bicyclic) bond motifs is 7. The fourth-order valence-electron chi connectivity index (χ4n) is 8.24. The molecule has 3 heteroatoms. The van der Waals surface area contributed by atoms with E-state index in [2.05, 4.69) is 187 Å². The van der Waals surface area contributed by atoms with Crippen LogP contribution in [0.3, 0.4) is 0 Å². The molecule has 0 unspecified atom stereocenters. The molecule has 0 saturated carbocycles. The van der Waals surface area contributed by atoms with Crippen LogP contribution in [0.5, 0.6) is 0 Å². The molecular weight excluding hydrogens is 671 g/mol. The van der Waals surface area contributed by atoms with Crippen molar-refractivity contribution in [2.45, 2.75) is 0 Å². The number of nitrogens with zero attached hydrogens (tertiary/aromatic N) is 1. The Morgan fingerprint density at radius 1 is 0.327 bits per heavy atom. The molecule has 2 heterocycles. The summed E-state index contributed by atoms with van der Waals surface area (Å²) in [6, 6.07) is 71.0. The minimum atomic E-state index is 0.885. The molecule has 0 spiro atoms. The van der Waals surface area contributed by atoms with Crippen LogP contribution in [0.4, 0.5) is 17.1 Å². The SMILES string of the molecule is c1ccc(-c2ccc(N(c3ccc(-c4ccc5c(c4)oc4ccccc45)cc3)c3ccccc3-c3c4ccccc4cc4c3oc3ccccc34)cc2)cc1. The van der Waals surface area contributed by atoms with Gasteiger partial charge in [-0.3, -0.25) is 0 Å². The lowest BCUT2D eigenvalue weighted by Crippen LogP contribution is -2.11. The van der Waals surface area contributed by atoms with Gasteiger partial charge in [0.1, 0.15) is 22.3 Å². The third kappa shape index (κ3) is 5.20. The van der Waals surface area contributed by atoms with Crippen molar-refractivity contribution in [2.24, 2.45) is 0 Å². The minimum Gasteiger partial charge on any atom is -0.456 e. The molecule has 0 atom stereocenters. The molecule has 0 bridgehead atoms. The van der Waals surface area contributed by atoms with Gasteiger partial charge in [0.15, 0.2) is 0 Å². The van der Waals surface area contributed by atoms with Gasteiger partial charge in [-0.05, 0) is 93.7 Å². The number of benzene rings is 9. The van der Waals surface area contributed by atoms with Crippen molar-refractivity contribution in [3.8, 4) is 33.4 Å². The lowest BCUT2D eigenvalue weighted by Gasteiger charge is -2.28. The summed E-state index contributed by atoms with van der Waals surface area (Å²) in [5.74, 6) is 0. The molecule has 0 aliphatic heterocycles. The standard InChI is InChI=1S/C52H33NO2/c1-2-12-34(13-3-1)35-22-27-39(28-23-35)53(40-29-24-36(25-30-40)37-26-31-44-42-16-7-10-20-48(42)54-50(44)33-37)47-19-9-6-18-45(47)51-41-15-5-4-14-38(41)32-46-43-17-8-11-21-49(43)55-52(46)51/h1-33H. The molecule has 0 fully saturated rings. The lowest BCUT2D eigenvalue weighted by atomic mass is 9.93. The molecule has 9 aromatic carbocycles. The highest BCUT2D eigenvalue weighted by molar-refractivity contribution is 6.19. The van der Waals surface area contributed by atoms with Gasteiger partial charge in [-0.2, -0.15) is 0 Å². The Bertz CT molecular complexity index is 3190. The molecule has 2 aromatic heterocycles. The molecule has 11 aromatic rings. The average Bonchev–Trinajstić information content (AvgIpc) is 3.82. The maximum absolute atomic E-state index is 6.75. The molecule has 0 N–H and O–H groups in total. The second kappa shape index (κ2) is 12.6. The predicted molar refractivity (Wildman–Crippen MR) is 229 cm³/mol. The summed E-state index contributed by atoms with van der Waals surface area (Å²) in [5, 5.41) is 6.83. The van der Waals surface area contributed by atoms with Crippen LogP contribution in [-0.4, -0.2) is 0 Å². The van der Waals surface area contributed by atoms with Crippen LogP contribution < -0.4 is 4.90 Å². The Balaban J connectivity index is 1.10. The fraction of sp³-hybridized carbons (Fsp3) is 0. The number of hydrogen-bond donors (Lipinski definition) is 0. The summed E-state index contributed by atoms with van der Waals surface area (Å²) in [6.45, 7) is 0. The van der Waals surface area contributed by atoms with Crippen LogP contribution in [-0.2, 0) is 0 Å². The van der Waals surface area contributed by atoms with E-state index >= 15 is 0 Å². The largest absolute Gasteiger partial charge is 0.456 e. The van der Waals surface area contributed by atoms with E-state index < -0.39 is 0 Å². The minimum absolute atomic E-state index is 0.885. The van der Waals surface area contributed by atoms with E-state index in [0.717, 1.165) is 88.6 Å². The van der Waals surface area contributed by atoms with Gasteiger partial charge in [0.05, 0.1) is 5.69 Å². The number of para-hydroxylation sites is 3. The molecule has 11 rings (SSSR count). The second-order valence-corrected chi connectivity index (χ2v) is 14.1. The zero-order valence-electron chi connectivity index (χ0n) is 29.8. The topological polar surface area (TPSA) is 29.5 Å². The van der Waals surface area contributed by atoms with Gasteiger partial charge < -0.3 is 13.7 Å². The van der Waals surface area contributed by atoms with Gasteiger partial charge in [-0.1, -0.05) is 140 Å². The highest BCUT2D eigenvalue weighted by Gasteiger charge is 2.23. The lowest BCUT2D eigenvalue weighted by molar-refractivity contribution is 0.669. The van der Waals surface area contributed by atoms with Crippen molar-refractivity contribution < 1.29 is 8.83 Å². The third-order valence-corrected chi connectivity index (χ3v) is 10.9. The molecule has 0 radical (unpaired) electrons. The van der Waals surface area contributed by atoms with Gasteiger partial charge >= 0.3 is 0 Å². The highest BCUT2D eigenvalue weighted by atomic mass is 16.3. The van der Waals surface area contributed by atoms with Gasteiger partial charge in [0.25, 0.3) is 0 Å². The second-order valence-electron chi connectivity index (χ2n) is 14.1. The summed E-state index contributed by atoms with van der Waals surface area (Å²) >= 11 is 0. The van der Waals surface area contributed by atoms with Gasteiger partial charge in [-0.15, -0.1) is 0 Å². The van der Waals surface area contributed by atoms with E-state index in [9.17, 15) is 0 Å². The Morgan fingerprint density at radius 3 is 1.60 bits per heavy atom. The molecule has 0 amide bonds. The monoisotopic (exact) mass is 703 g/mol. The maximum atomic E-state index is 6.75. The van der Waals surface area contributed by atoms with Crippen molar-refractivity contribution in [3.05, 3.63) is 200 Å². The van der Waals surface area contributed by atoms with E-state index in [1.807, 2.05) is 18.2 Å². The molecule has 0 saturated heterocycles. The Kier molecular flexibility index (Phi) is 7.17. The molecule has 55 heavy (non-hydrogen) atoms. The van der Waals surface area contributed by atoms with E-state index in [0.29, 0.717) is 0 Å². The normalized spacial score (nSPS) is 11.6. The van der Waals surface area contributed by atoms with Crippen molar-refractivity contribution in [2.75, 3.05) is 4.90 Å². The summed E-state index contributed by atoms with van der Waals surface area (Å²) in [4.78, 5) is 2.37. The van der Waals surface area contributed by atoms with E-state index in [1.165, 1.54) is 16.5 Å². The highest BCUT2D eigenvalue weighted by Crippen LogP contribution is 2.47. The first-order valence-corrected chi connectivity index (χ1v) is 18.7. The van der Waals surface area contributed by atoms with Crippen LogP contribution >= 0.6 is 0 Å². The molecule has 3 nitrogen and oxygen atoms in total. The Morgan fingerprint density at radius 2 is 0.855 bits per heavy atom. The third-order valence-electron chi connectivity index (χ3n) is 10.9.